The van der Waals surface area contributed by atoms with Gasteiger partial charge in [0, 0.05) is 17.9 Å². The maximum absolute atomic E-state index is 12.8. The van der Waals surface area contributed by atoms with E-state index in [-0.39, 0.29) is 11.7 Å². The van der Waals surface area contributed by atoms with Gasteiger partial charge in [0.05, 0.1) is 17.1 Å². The summed E-state index contributed by atoms with van der Waals surface area (Å²) in [5.74, 6) is 1.29. The van der Waals surface area contributed by atoms with Crippen LogP contribution < -0.4 is 5.32 Å². The molecule has 5 rings (SSSR count). The Morgan fingerprint density at radius 1 is 1.00 bits per heavy atom. The van der Waals surface area contributed by atoms with Gasteiger partial charge in [-0.2, -0.15) is 0 Å². The summed E-state index contributed by atoms with van der Waals surface area (Å²) in [5.41, 5.74) is 6.21. The molecule has 2 N–H and O–H groups in total. The van der Waals surface area contributed by atoms with E-state index in [4.69, 9.17) is 9.97 Å². The number of hydrogen-bond donors (Lipinski definition) is 2. The number of phenols is 1. The van der Waals surface area contributed by atoms with Gasteiger partial charge in [-0.3, -0.25) is 4.79 Å². The first-order valence-corrected chi connectivity index (χ1v) is 12.2. The van der Waals surface area contributed by atoms with E-state index in [1.807, 2.05) is 30.3 Å². The van der Waals surface area contributed by atoms with E-state index in [1.165, 1.54) is 24.8 Å². The van der Waals surface area contributed by atoms with Gasteiger partial charge in [0.2, 0.25) is 5.91 Å². The van der Waals surface area contributed by atoms with Crippen molar-refractivity contribution in [3.63, 3.8) is 0 Å². The van der Waals surface area contributed by atoms with Crippen LogP contribution in [0.1, 0.15) is 73.4 Å². The third-order valence-corrected chi connectivity index (χ3v) is 6.93. The fraction of sp³-hybridized carbons (Fsp3) is 0.393. The van der Waals surface area contributed by atoms with Gasteiger partial charge in [-0.05, 0) is 67.9 Å². The van der Waals surface area contributed by atoms with Crippen LogP contribution in [0, 0.1) is 0 Å². The number of nitrogens with one attached hydrogen (secondary N) is 1. The topological polar surface area (TPSA) is 75.1 Å². The van der Waals surface area contributed by atoms with Crippen molar-refractivity contribution in [3.8, 4) is 17.0 Å². The lowest BCUT2D eigenvalue weighted by atomic mass is 9.85. The van der Waals surface area contributed by atoms with Crippen molar-refractivity contribution in [1.82, 2.24) is 9.97 Å². The highest BCUT2D eigenvalue weighted by Crippen LogP contribution is 2.39. The van der Waals surface area contributed by atoms with Crippen LogP contribution in [-0.4, -0.2) is 21.0 Å². The summed E-state index contributed by atoms with van der Waals surface area (Å²) in [5, 5.41) is 13.0. The van der Waals surface area contributed by atoms with E-state index in [9.17, 15) is 9.90 Å². The molecule has 2 aromatic carbocycles. The number of anilines is 1. The summed E-state index contributed by atoms with van der Waals surface area (Å²) in [7, 11) is 0. The van der Waals surface area contributed by atoms with Crippen molar-refractivity contribution in [2.75, 3.05) is 5.32 Å². The number of carbonyl (C=O) groups excluding carboxylic acids is 1. The molecule has 0 unspecified atom stereocenters. The van der Waals surface area contributed by atoms with Crippen molar-refractivity contribution in [3.05, 3.63) is 71.0 Å². The minimum Gasteiger partial charge on any atom is -0.508 e. The molecule has 2 aliphatic carbocycles. The first-order valence-electron chi connectivity index (χ1n) is 12.2. The molecule has 1 saturated carbocycles. The number of carbonyl (C=O) groups is 1. The Morgan fingerprint density at radius 3 is 2.64 bits per heavy atom. The second kappa shape index (κ2) is 9.74. The maximum atomic E-state index is 12.8. The molecule has 5 nitrogen and oxygen atoms in total. The van der Waals surface area contributed by atoms with E-state index in [0.717, 1.165) is 66.7 Å². The maximum Gasteiger partial charge on any atom is 0.225 e. The average molecular weight is 442 g/mol. The predicted molar refractivity (Wildman–Crippen MR) is 130 cm³/mol. The number of fused-ring (bicyclic) bond motifs is 3. The fourth-order valence-electron chi connectivity index (χ4n) is 5.19. The largest absolute Gasteiger partial charge is 0.508 e. The van der Waals surface area contributed by atoms with Gasteiger partial charge in [0.15, 0.2) is 5.82 Å². The Labute approximate surface area is 195 Å². The molecule has 1 aromatic heterocycles. The summed E-state index contributed by atoms with van der Waals surface area (Å²) in [6, 6.07) is 15.8. The van der Waals surface area contributed by atoms with Gasteiger partial charge in [0.1, 0.15) is 5.75 Å². The molecule has 170 valence electrons. The summed E-state index contributed by atoms with van der Waals surface area (Å²) < 4.78 is 0. The average Bonchev–Trinajstić information content (AvgIpc) is 2.84. The summed E-state index contributed by atoms with van der Waals surface area (Å²) >= 11 is 0. The highest BCUT2D eigenvalue weighted by Gasteiger charge is 2.27. The zero-order chi connectivity index (χ0) is 22.6. The minimum absolute atomic E-state index is 0.0124. The first-order chi connectivity index (χ1) is 16.2. The van der Waals surface area contributed by atoms with Crippen LogP contribution in [0.3, 0.4) is 0 Å². The third kappa shape index (κ3) is 4.92. The van der Waals surface area contributed by atoms with Gasteiger partial charge in [-0.25, -0.2) is 9.97 Å². The first kappa shape index (κ1) is 21.6. The number of nitrogens with zero attached hydrogens (tertiary/aromatic N) is 2. The molecule has 5 heteroatoms. The molecule has 1 heterocycles. The van der Waals surface area contributed by atoms with Crippen LogP contribution in [0.2, 0.25) is 0 Å². The lowest BCUT2D eigenvalue weighted by Gasteiger charge is -2.26. The second-order valence-corrected chi connectivity index (χ2v) is 9.32. The fourth-order valence-corrected chi connectivity index (χ4v) is 5.19. The number of amides is 1. The zero-order valence-corrected chi connectivity index (χ0v) is 19.0. The van der Waals surface area contributed by atoms with Crippen LogP contribution >= 0.6 is 0 Å². The van der Waals surface area contributed by atoms with Crippen LogP contribution in [0.5, 0.6) is 5.75 Å². The van der Waals surface area contributed by atoms with Crippen molar-refractivity contribution < 1.29 is 9.90 Å². The van der Waals surface area contributed by atoms with Crippen molar-refractivity contribution in [1.29, 1.82) is 0 Å². The molecule has 0 atom stereocenters. The van der Waals surface area contributed by atoms with E-state index < -0.39 is 0 Å². The number of phenolic OH excluding ortho intramolecular Hbond substituents is 1. The van der Waals surface area contributed by atoms with Gasteiger partial charge in [0.25, 0.3) is 0 Å². The van der Waals surface area contributed by atoms with Crippen molar-refractivity contribution in [2.45, 2.75) is 70.1 Å². The molecule has 0 spiro atoms. The molecular weight excluding hydrogens is 410 g/mol. The summed E-state index contributed by atoms with van der Waals surface area (Å²) in [6.07, 6.45) is 9.58. The number of hydrogen-bond acceptors (Lipinski definition) is 4. The van der Waals surface area contributed by atoms with E-state index in [0.29, 0.717) is 18.2 Å². The lowest BCUT2D eigenvalue weighted by Crippen LogP contribution is -2.20. The monoisotopic (exact) mass is 441 g/mol. The van der Waals surface area contributed by atoms with Crippen LogP contribution in [0.4, 0.5) is 5.82 Å². The van der Waals surface area contributed by atoms with E-state index in [1.54, 1.807) is 6.07 Å². The molecule has 0 radical (unpaired) electrons. The van der Waals surface area contributed by atoms with Crippen LogP contribution in [-0.2, 0) is 24.1 Å². The molecule has 33 heavy (non-hydrogen) atoms. The molecule has 0 saturated heterocycles. The van der Waals surface area contributed by atoms with Crippen LogP contribution in [0.15, 0.2) is 48.5 Å². The number of aryl methyl sites for hydroxylation is 3. The highest BCUT2D eigenvalue weighted by atomic mass is 16.3. The quantitative estimate of drug-likeness (QED) is 0.495. The zero-order valence-electron chi connectivity index (χ0n) is 19.0. The molecule has 2 aliphatic rings. The molecule has 1 fully saturated rings. The molecule has 0 aliphatic heterocycles. The number of aromatic hydroxyl groups is 1. The lowest BCUT2D eigenvalue weighted by molar-refractivity contribution is -0.116. The molecular formula is C28H31N3O2. The van der Waals surface area contributed by atoms with Gasteiger partial charge in [-0.15, -0.1) is 0 Å². The summed E-state index contributed by atoms with van der Waals surface area (Å²) in [6.45, 7) is 0. The molecule has 1 amide bonds. The number of benzene rings is 2. The standard InChI is InChI=1S/C28H31N3O2/c32-22-15-16-23-21(18-22)14-17-24-27(23)31-26(20-11-5-2-6-12-20)28(29-24)30-25(33)13-7-10-19-8-3-1-4-9-19/h1,3-4,8-9,15-16,18,20,32H,2,5-7,10-14,17H2,(H,29,30,33). The van der Waals surface area contributed by atoms with Gasteiger partial charge < -0.3 is 10.4 Å². The smallest absolute Gasteiger partial charge is 0.225 e. The Kier molecular flexibility index (Phi) is 6.38. The van der Waals surface area contributed by atoms with Crippen molar-refractivity contribution >= 4 is 11.7 Å². The molecule has 0 bridgehead atoms. The highest BCUT2D eigenvalue weighted by molar-refractivity contribution is 5.90. The van der Waals surface area contributed by atoms with Gasteiger partial charge >= 0.3 is 0 Å². The third-order valence-electron chi connectivity index (χ3n) is 6.93. The Morgan fingerprint density at radius 2 is 1.82 bits per heavy atom. The predicted octanol–water partition coefficient (Wildman–Crippen LogP) is 5.96. The molecule has 3 aromatic rings. The van der Waals surface area contributed by atoms with Crippen molar-refractivity contribution in [2.24, 2.45) is 0 Å². The Hall–Kier alpha value is -3.21. The van der Waals surface area contributed by atoms with Gasteiger partial charge in [-0.1, -0.05) is 49.6 Å². The second-order valence-electron chi connectivity index (χ2n) is 9.32. The Bertz CT molecular complexity index is 1140. The normalized spacial score (nSPS) is 15.5. The Balaban J connectivity index is 1.39. The van der Waals surface area contributed by atoms with E-state index in [2.05, 4.69) is 17.4 Å². The van der Waals surface area contributed by atoms with Crippen LogP contribution in [0.25, 0.3) is 11.3 Å². The minimum atomic E-state index is 0.0124. The van der Waals surface area contributed by atoms with E-state index >= 15 is 0 Å². The summed E-state index contributed by atoms with van der Waals surface area (Å²) in [4.78, 5) is 22.9. The number of rotatable bonds is 6. The number of aromatic nitrogens is 2. The SMILES string of the molecule is O=C(CCCc1ccccc1)Nc1nc2c(nc1C1CCCCC1)-c1ccc(O)cc1CC2.